The van der Waals surface area contributed by atoms with Crippen LogP contribution >= 0.6 is 11.3 Å². The van der Waals surface area contributed by atoms with Gasteiger partial charge in [-0.05, 0) is 64.2 Å². The SMILES string of the molecule is Cc1cc(C)c2c(N)c(C(=O)N[C@H]3CCc4nc(N5C[C@H](OC(C)C)[C@@H](N)C5)ncc4C3)sc2n1. The molecule has 3 aromatic heterocycles. The van der Waals surface area contributed by atoms with E-state index < -0.39 is 0 Å². The summed E-state index contributed by atoms with van der Waals surface area (Å²) in [7, 11) is 0. The molecule has 0 aromatic carbocycles. The van der Waals surface area contributed by atoms with Crippen molar-refractivity contribution in [1.29, 1.82) is 0 Å². The van der Waals surface area contributed by atoms with E-state index in [-0.39, 0.29) is 30.2 Å². The largest absolute Gasteiger partial charge is 0.397 e. The quantitative estimate of drug-likeness (QED) is 0.492. The summed E-state index contributed by atoms with van der Waals surface area (Å²) in [6.45, 7) is 9.37. The Kier molecular flexibility index (Phi) is 6.37. The van der Waals surface area contributed by atoms with Gasteiger partial charge in [0.15, 0.2) is 0 Å². The summed E-state index contributed by atoms with van der Waals surface area (Å²) in [5.41, 5.74) is 17.2. The third kappa shape index (κ3) is 4.70. The van der Waals surface area contributed by atoms with E-state index in [1.165, 1.54) is 11.3 Å². The third-order valence-corrected chi connectivity index (χ3v) is 7.84. The Balaban J connectivity index is 1.27. The molecule has 0 saturated carbocycles. The number of ether oxygens (including phenoxy) is 1. The highest BCUT2D eigenvalue weighted by molar-refractivity contribution is 7.21. The molecule has 1 fully saturated rings. The van der Waals surface area contributed by atoms with E-state index in [0.29, 0.717) is 36.0 Å². The number of thiophene rings is 1. The number of carbonyl (C=O) groups is 1. The lowest BCUT2D eigenvalue weighted by Crippen LogP contribution is -2.39. The molecular formula is C25H33N7O2S. The van der Waals surface area contributed by atoms with Gasteiger partial charge in [0, 0.05) is 42.1 Å². The molecule has 186 valence electrons. The first-order valence-corrected chi connectivity index (χ1v) is 13.0. The number of aromatic nitrogens is 3. The Bertz CT molecular complexity index is 1270. The second-order valence-corrected chi connectivity index (χ2v) is 11.0. The van der Waals surface area contributed by atoms with Crippen LogP contribution in [0.5, 0.6) is 0 Å². The number of carbonyl (C=O) groups excluding carboxylic acids is 1. The number of fused-ring (bicyclic) bond motifs is 2. The van der Waals surface area contributed by atoms with E-state index in [9.17, 15) is 4.79 Å². The predicted molar refractivity (Wildman–Crippen MR) is 139 cm³/mol. The lowest BCUT2D eigenvalue weighted by atomic mass is 9.93. The van der Waals surface area contributed by atoms with E-state index in [1.807, 2.05) is 40.0 Å². The maximum atomic E-state index is 13.1. The van der Waals surface area contributed by atoms with Gasteiger partial charge in [-0.25, -0.2) is 15.0 Å². The van der Waals surface area contributed by atoms with Crippen molar-refractivity contribution < 1.29 is 9.53 Å². The van der Waals surface area contributed by atoms with Crippen LogP contribution in [0.2, 0.25) is 0 Å². The Morgan fingerprint density at radius 3 is 2.86 bits per heavy atom. The van der Waals surface area contributed by atoms with E-state index in [0.717, 1.165) is 45.6 Å². The lowest BCUT2D eigenvalue weighted by molar-refractivity contribution is 0.0127. The molecule has 3 atom stereocenters. The molecule has 5 N–H and O–H groups in total. The second-order valence-electron chi connectivity index (χ2n) is 9.95. The molecule has 9 nitrogen and oxygen atoms in total. The van der Waals surface area contributed by atoms with Gasteiger partial charge >= 0.3 is 0 Å². The zero-order valence-corrected chi connectivity index (χ0v) is 21.5. The van der Waals surface area contributed by atoms with Gasteiger partial charge in [0.05, 0.1) is 23.9 Å². The predicted octanol–water partition coefficient (Wildman–Crippen LogP) is 2.51. The molecular weight excluding hydrogens is 462 g/mol. The number of rotatable bonds is 5. The summed E-state index contributed by atoms with van der Waals surface area (Å²) in [6.07, 6.45) is 4.30. The number of aryl methyl sites for hydroxylation is 3. The minimum absolute atomic E-state index is 0.00823. The normalized spacial score (nSPS) is 22.1. The van der Waals surface area contributed by atoms with Crippen molar-refractivity contribution in [1.82, 2.24) is 20.3 Å². The van der Waals surface area contributed by atoms with Gasteiger partial charge in [-0.15, -0.1) is 11.3 Å². The van der Waals surface area contributed by atoms with Crippen LogP contribution in [-0.4, -0.2) is 58.2 Å². The average molecular weight is 496 g/mol. The van der Waals surface area contributed by atoms with Gasteiger partial charge in [-0.2, -0.15) is 0 Å². The van der Waals surface area contributed by atoms with Gasteiger partial charge in [-0.1, -0.05) is 0 Å². The molecule has 1 aliphatic heterocycles. The zero-order chi connectivity index (χ0) is 24.9. The van der Waals surface area contributed by atoms with Gasteiger partial charge < -0.3 is 26.4 Å². The van der Waals surface area contributed by atoms with E-state index >= 15 is 0 Å². The number of hydrogen-bond donors (Lipinski definition) is 3. The standard InChI is InChI=1S/C25H33N7O2S/c1-12(2)34-19-11-32(10-17(19)26)25-28-9-15-8-16(5-6-18(15)31-25)30-23(33)22-21(27)20-13(3)7-14(4)29-24(20)35-22/h7,9,12,16-17,19H,5-6,8,10-11,26-27H2,1-4H3,(H,30,33)/t16-,17-,19-/m0/s1. The molecule has 1 aliphatic carbocycles. The lowest BCUT2D eigenvalue weighted by Gasteiger charge is -2.26. The van der Waals surface area contributed by atoms with Crippen LogP contribution < -0.4 is 21.7 Å². The van der Waals surface area contributed by atoms with Crippen LogP contribution in [0.3, 0.4) is 0 Å². The molecule has 2 aliphatic rings. The molecule has 0 bridgehead atoms. The van der Waals surface area contributed by atoms with E-state index in [1.54, 1.807) is 0 Å². The molecule has 1 saturated heterocycles. The van der Waals surface area contributed by atoms with Gasteiger partial charge in [-0.3, -0.25) is 4.79 Å². The number of pyridine rings is 1. The average Bonchev–Trinajstić information content (AvgIpc) is 3.32. The zero-order valence-electron chi connectivity index (χ0n) is 20.7. The van der Waals surface area contributed by atoms with Crippen molar-refractivity contribution in [2.75, 3.05) is 23.7 Å². The fourth-order valence-electron chi connectivity index (χ4n) is 5.12. The maximum absolute atomic E-state index is 13.1. The van der Waals surface area contributed by atoms with Gasteiger partial charge in [0.1, 0.15) is 9.71 Å². The number of nitrogens with two attached hydrogens (primary N) is 2. The number of anilines is 2. The van der Waals surface area contributed by atoms with Gasteiger partial charge in [0.2, 0.25) is 5.95 Å². The van der Waals surface area contributed by atoms with Crippen molar-refractivity contribution >= 4 is 39.1 Å². The summed E-state index contributed by atoms with van der Waals surface area (Å²) in [5.74, 6) is 0.559. The molecule has 0 spiro atoms. The molecule has 0 radical (unpaired) electrons. The molecule has 1 amide bonds. The summed E-state index contributed by atoms with van der Waals surface area (Å²) in [4.78, 5) is 30.6. The molecule has 35 heavy (non-hydrogen) atoms. The van der Waals surface area contributed by atoms with Crippen molar-refractivity contribution in [3.05, 3.63) is 39.7 Å². The summed E-state index contributed by atoms with van der Waals surface area (Å²) in [6, 6.07) is 1.95. The van der Waals surface area contributed by atoms with Crippen LogP contribution in [0.4, 0.5) is 11.6 Å². The first-order chi connectivity index (χ1) is 16.7. The minimum atomic E-state index is -0.143. The fourth-order valence-corrected chi connectivity index (χ4v) is 6.24. The first kappa shape index (κ1) is 23.9. The highest BCUT2D eigenvalue weighted by atomic mass is 32.1. The Hall–Kier alpha value is -2.82. The van der Waals surface area contributed by atoms with Crippen LogP contribution in [0.25, 0.3) is 10.2 Å². The molecule has 3 aromatic rings. The third-order valence-electron chi connectivity index (χ3n) is 6.74. The number of hydrogen-bond acceptors (Lipinski definition) is 9. The summed E-state index contributed by atoms with van der Waals surface area (Å²) in [5, 5.41) is 4.05. The molecule has 5 rings (SSSR count). The molecule has 10 heteroatoms. The highest BCUT2D eigenvalue weighted by Crippen LogP contribution is 2.35. The van der Waals surface area contributed by atoms with E-state index in [4.69, 9.17) is 21.2 Å². The minimum Gasteiger partial charge on any atom is -0.397 e. The van der Waals surface area contributed by atoms with Gasteiger partial charge in [0.25, 0.3) is 5.91 Å². The van der Waals surface area contributed by atoms with Crippen molar-refractivity contribution in [3.8, 4) is 0 Å². The second kappa shape index (κ2) is 9.33. The number of amides is 1. The number of nitrogen functional groups attached to an aromatic ring is 1. The highest BCUT2D eigenvalue weighted by Gasteiger charge is 2.33. The van der Waals surface area contributed by atoms with E-state index in [2.05, 4.69) is 20.2 Å². The Morgan fingerprint density at radius 1 is 1.29 bits per heavy atom. The number of nitrogens with one attached hydrogen (secondary N) is 1. The van der Waals surface area contributed by atoms with Crippen molar-refractivity contribution in [2.24, 2.45) is 5.73 Å². The Labute approximate surface area is 209 Å². The maximum Gasteiger partial charge on any atom is 0.263 e. The van der Waals surface area contributed by atoms with Crippen molar-refractivity contribution in [2.45, 2.75) is 71.2 Å². The van der Waals surface area contributed by atoms with Crippen LogP contribution in [-0.2, 0) is 17.6 Å². The fraction of sp³-hybridized carbons (Fsp3) is 0.520. The molecule has 0 unspecified atom stereocenters. The monoisotopic (exact) mass is 495 g/mol. The molecule has 4 heterocycles. The first-order valence-electron chi connectivity index (χ1n) is 12.2. The summed E-state index contributed by atoms with van der Waals surface area (Å²) >= 11 is 1.36. The van der Waals surface area contributed by atoms with Crippen LogP contribution in [0, 0.1) is 13.8 Å². The topological polar surface area (TPSA) is 132 Å². The van der Waals surface area contributed by atoms with Crippen LogP contribution in [0.15, 0.2) is 12.3 Å². The van der Waals surface area contributed by atoms with Crippen LogP contribution in [0.1, 0.15) is 52.5 Å². The summed E-state index contributed by atoms with van der Waals surface area (Å²) < 4.78 is 5.94. The smallest absolute Gasteiger partial charge is 0.263 e. The van der Waals surface area contributed by atoms with Crippen molar-refractivity contribution in [3.63, 3.8) is 0 Å². The Morgan fingerprint density at radius 2 is 2.09 bits per heavy atom. The number of nitrogens with zero attached hydrogens (tertiary/aromatic N) is 4.